The summed E-state index contributed by atoms with van der Waals surface area (Å²) in [7, 11) is 0. The normalized spacial score (nSPS) is 11.3. The van der Waals surface area contributed by atoms with Crippen LogP contribution in [0.2, 0.25) is 0 Å². The second kappa shape index (κ2) is 10.9. The predicted molar refractivity (Wildman–Crippen MR) is 153 cm³/mol. The number of aromatic amines is 2. The van der Waals surface area contributed by atoms with Crippen molar-refractivity contribution in [1.82, 2.24) is 39.7 Å². The van der Waals surface area contributed by atoms with Crippen LogP contribution in [0.15, 0.2) is 88.5 Å². The summed E-state index contributed by atoms with van der Waals surface area (Å²) in [5.41, 5.74) is 4.28. The van der Waals surface area contributed by atoms with Crippen molar-refractivity contribution in [2.24, 2.45) is 0 Å². The number of para-hydroxylation sites is 1. The summed E-state index contributed by atoms with van der Waals surface area (Å²) in [6, 6.07) is 25.1. The minimum Gasteiger partial charge on any atom is -0.318 e. The van der Waals surface area contributed by atoms with E-state index >= 15 is 0 Å². The van der Waals surface area contributed by atoms with Gasteiger partial charge in [0, 0.05) is 18.5 Å². The summed E-state index contributed by atoms with van der Waals surface area (Å²) in [5.74, 6) is 1.39. The molecule has 0 amide bonds. The van der Waals surface area contributed by atoms with Crippen LogP contribution in [0.4, 0.5) is 0 Å². The van der Waals surface area contributed by atoms with Gasteiger partial charge in [-0.1, -0.05) is 86.5 Å². The molecule has 40 heavy (non-hydrogen) atoms. The van der Waals surface area contributed by atoms with Crippen molar-refractivity contribution in [3.8, 4) is 28.2 Å². The Labute approximate surface area is 229 Å². The lowest BCUT2D eigenvalue weighted by molar-refractivity contribution is 0.658. The van der Waals surface area contributed by atoms with Gasteiger partial charge in [-0.25, -0.2) is 19.4 Å². The van der Waals surface area contributed by atoms with Crippen molar-refractivity contribution in [1.29, 1.82) is 0 Å². The van der Waals surface area contributed by atoms with E-state index in [1.807, 2.05) is 47.0 Å². The summed E-state index contributed by atoms with van der Waals surface area (Å²) in [4.78, 5) is 34.2. The zero-order valence-electron chi connectivity index (χ0n) is 22.0. The Bertz CT molecular complexity index is 1870. The molecule has 3 heterocycles. The van der Waals surface area contributed by atoms with Gasteiger partial charge in [-0.2, -0.15) is 0 Å². The lowest BCUT2D eigenvalue weighted by Crippen LogP contribution is -2.34. The van der Waals surface area contributed by atoms with Crippen LogP contribution in [0, 0.1) is 0 Å². The van der Waals surface area contributed by atoms with E-state index in [1.54, 1.807) is 24.3 Å². The Morgan fingerprint density at radius 1 is 0.850 bits per heavy atom. The molecule has 200 valence electrons. The number of aromatic nitrogens is 8. The summed E-state index contributed by atoms with van der Waals surface area (Å²) in [5, 5.41) is 14.3. The molecule has 3 aromatic heterocycles. The number of rotatable bonds is 9. The third-order valence-electron chi connectivity index (χ3n) is 7.03. The highest BCUT2D eigenvalue weighted by atomic mass is 16.2. The van der Waals surface area contributed by atoms with Gasteiger partial charge in [0.05, 0.1) is 5.69 Å². The van der Waals surface area contributed by atoms with E-state index in [4.69, 9.17) is 4.98 Å². The number of nitrogens with zero attached hydrogens (tertiary/aromatic N) is 6. The summed E-state index contributed by atoms with van der Waals surface area (Å²) < 4.78 is 3.13. The molecule has 0 unspecified atom stereocenters. The van der Waals surface area contributed by atoms with Crippen LogP contribution >= 0.6 is 0 Å². The third-order valence-corrected chi connectivity index (χ3v) is 7.03. The quantitative estimate of drug-likeness (QED) is 0.264. The molecule has 0 fully saturated rings. The minimum atomic E-state index is -0.501. The molecular formula is C30H28N8O2. The molecule has 2 N–H and O–H groups in total. The van der Waals surface area contributed by atoms with Gasteiger partial charge in [0.1, 0.15) is 5.82 Å². The molecule has 0 saturated carbocycles. The van der Waals surface area contributed by atoms with Crippen molar-refractivity contribution < 1.29 is 0 Å². The predicted octanol–water partition coefficient (Wildman–Crippen LogP) is 4.50. The lowest BCUT2D eigenvalue weighted by atomic mass is 9.98. The molecule has 0 radical (unpaired) electrons. The van der Waals surface area contributed by atoms with Gasteiger partial charge < -0.3 is 4.57 Å². The first-order valence-electron chi connectivity index (χ1n) is 13.4. The standard InChI is InChI=1S/C30H28N8O2/c1-2-3-5-14-25-31-28-26(29(39)38(30(40)32-28)22-10-6-4-7-11-22)37(25)19-20-15-17-21(18-16-20)23-12-8-9-13-24(23)27-33-35-36-34-27/h4,6-13,15-18H,2-3,5,14,19H2,1H3,(H,32,40)(H,33,34,35,36). The zero-order chi connectivity index (χ0) is 27.5. The number of nitrogens with one attached hydrogen (secondary N) is 2. The molecule has 0 aliphatic heterocycles. The van der Waals surface area contributed by atoms with Gasteiger partial charge in [-0.3, -0.25) is 9.78 Å². The van der Waals surface area contributed by atoms with Crippen molar-refractivity contribution in [2.45, 2.75) is 39.2 Å². The molecule has 0 atom stereocenters. The SMILES string of the molecule is CCCCCc1nc2[nH]c(=O)n(-c3ccccc3)c(=O)c2n1Cc1ccc(-c2ccccc2-c2nnn[nH]2)cc1. The van der Waals surface area contributed by atoms with Gasteiger partial charge in [0.15, 0.2) is 17.0 Å². The number of H-pyrrole nitrogens is 2. The van der Waals surface area contributed by atoms with E-state index in [-0.39, 0.29) is 5.56 Å². The second-order valence-electron chi connectivity index (χ2n) is 9.67. The van der Waals surface area contributed by atoms with Gasteiger partial charge in [-0.05, 0) is 45.7 Å². The summed E-state index contributed by atoms with van der Waals surface area (Å²) in [6.07, 6.45) is 3.79. The van der Waals surface area contributed by atoms with Gasteiger partial charge in [0.25, 0.3) is 5.56 Å². The Hall–Kier alpha value is -5.12. The number of hydrogen-bond donors (Lipinski definition) is 2. The maximum absolute atomic E-state index is 13.8. The van der Waals surface area contributed by atoms with Gasteiger partial charge >= 0.3 is 5.69 Å². The van der Waals surface area contributed by atoms with E-state index in [0.29, 0.717) is 35.6 Å². The molecular weight excluding hydrogens is 504 g/mol. The molecule has 10 heteroatoms. The average Bonchev–Trinajstić information content (AvgIpc) is 3.63. The number of fused-ring (bicyclic) bond motifs is 1. The highest BCUT2D eigenvalue weighted by Crippen LogP contribution is 2.30. The van der Waals surface area contributed by atoms with Crippen molar-refractivity contribution >= 4 is 11.2 Å². The van der Waals surface area contributed by atoms with Crippen molar-refractivity contribution in [2.75, 3.05) is 0 Å². The van der Waals surface area contributed by atoms with Crippen LogP contribution in [0.3, 0.4) is 0 Å². The summed E-state index contributed by atoms with van der Waals surface area (Å²) in [6.45, 7) is 2.60. The first-order chi connectivity index (χ1) is 19.6. The van der Waals surface area contributed by atoms with Gasteiger partial charge in [0.2, 0.25) is 0 Å². The number of benzene rings is 3. The van der Waals surface area contributed by atoms with Crippen LogP contribution in [0.5, 0.6) is 0 Å². The molecule has 0 spiro atoms. The van der Waals surface area contributed by atoms with E-state index in [9.17, 15) is 9.59 Å². The number of imidazole rings is 1. The van der Waals surface area contributed by atoms with Crippen LogP contribution in [-0.4, -0.2) is 39.7 Å². The monoisotopic (exact) mass is 532 g/mol. The molecule has 6 aromatic rings. The summed E-state index contributed by atoms with van der Waals surface area (Å²) >= 11 is 0. The van der Waals surface area contributed by atoms with Gasteiger partial charge in [-0.15, -0.1) is 5.10 Å². The van der Waals surface area contributed by atoms with Crippen LogP contribution in [-0.2, 0) is 13.0 Å². The van der Waals surface area contributed by atoms with Crippen molar-refractivity contribution in [3.63, 3.8) is 0 Å². The molecule has 0 aliphatic carbocycles. The average molecular weight is 533 g/mol. The molecule has 0 bridgehead atoms. The van der Waals surface area contributed by atoms with Crippen molar-refractivity contribution in [3.05, 3.63) is 111 Å². The minimum absolute atomic E-state index is 0.319. The van der Waals surface area contributed by atoms with Crippen LogP contribution in [0.25, 0.3) is 39.4 Å². The number of aryl methyl sites for hydroxylation is 1. The topological polar surface area (TPSA) is 127 Å². The first-order valence-corrected chi connectivity index (χ1v) is 13.4. The lowest BCUT2D eigenvalue weighted by Gasteiger charge is -2.12. The highest BCUT2D eigenvalue weighted by Gasteiger charge is 2.19. The van der Waals surface area contributed by atoms with E-state index in [1.165, 1.54) is 4.57 Å². The van der Waals surface area contributed by atoms with E-state index < -0.39 is 5.69 Å². The molecule has 3 aromatic carbocycles. The highest BCUT2D eigenvalue weighted by molar-refractivity contribution is 5.80. The Kier molecular flexibility index (Phi) is 6.88. The number of hydrogen-bond acceptors (Lipinski definition) is 6. The Morgan fingerprint density at radius 3 is 2.33 bits per heavy atom. The maximum Gasteiger partial charge on any atom is 0.334 e. The first kappa shape index (κ1) is 25.2. The van der Waals surface area contributed by atoms with Crippen LogP contribution in [0.1, 0.15) is 37.6 Å². The number of tetrazole rings is 1. The molecule has 0 aliphatic rings. The number of unbranched alkanes of at least 4 members (excludes halogenated alkanes) is 2. The maximum atomic E-state index is 13.8. The van der Waals surface area contributed by atoms with Crippen LogP contribution < -0.4 is 11.2 Å². The fourth-order valence-electron chi connectivity index (χ4n) is 5.05. The van der Waals surface area contributed by atoms with E-state index in [2.05, 4.69) is 44.7 Å². The second-order valence-corrected chi connectivity index (χ2v) is 9.67. The fourth-order valence-corrected chi connectivity index (χ4v) is 5.05. The smallest absolute Gasteiger partial charge is 0.318 e. The molecule has 0 saturated heterocycles. The Morgan fingerprint density at radius 2 is 1.60 bits per heavy atom. The molecule has 10 nitrogen and oxygen atoms in total. The largest absolute Gasteiger partial charge is 0.334 e. The molecule has 6 rings (SSSR count). The Balaban J connectivity index is 1.41. The zero-order valence-corrected chi connectivity index (χ0v) is 22.0. The fraction of sp³-hybridized carbons (Fsp3) is 0.200. The van der Waals surface area contributed by atoms with E-state index in [0.717, 1.165) is 47.3 Å². The third kappa shape index (κ3) is 4.75.